The van der Waals surface area contributed by atoms with Crippen LogP contribution in [0.2, 0.25) is 0 Å². The molecule has 2 N–H and O–H groups in total. The molecule has 1 saturated carbocycles. The zero-order valence-electron chi connectivity index (χ0n) is 14.9. The van der Waals surface area contributed by atoms with E-state index in [4.69, 9.17) is 10.5 Å². The Hall–Kier alpha value is -2.35. The number of carbonyl (C=O) groups is 1. The third-order valence-electron chi connectivity index (χ3n) is 4.86. The molecule has 1 aliphatic rings. The predicted octanol–water partition coefficient (Wildman–Crippen LogP) is 3.86. The maximum absolute atomic E-state index is 13.3. The molecule has 1 fully saturated rings. The van der Waals surface area contributed by atoms with Gasteiger partial charge in [0.25, 0.3) is 5.56 Å². The van der Waals surface area contributed by atoms with Crippen molar-refractivity contribution >= 4 is 45.2 Å². The van der Waals surface area contributed by atoms with Crippen LogP contribution in [-0.2, 0) is 11.3 Å². The van der Waals surface area contributed by atoms with Crippen molar-refractivity contribution in [2.75, 3.05) is 5.73 Å². The van der Waals surface area contributed by atoms with Crippen LogP contribution in [0.4, 0.5) is 5.69 Å². The van der Waals surface area contributed by atoms with Crippen LogP contribution in [0, 0.1) is 10.5 Å². The van der Waals surface area contributed by atoms with Crippen molar-refractivity contribution in [3.8, 4) is 0 Å². The van der Waals surface area contributed by atoms with Crippen LogP contribution in [0.5, 0.6) is 0 Å². The molecule has 6 heteroatoms. The Morgan fingerprint density at radius 1 is 1.26 bits per heavy atom. The summed E-state index contributed by atoms with van der Waals surface area (Å²) in [7, 11) is 0. The van der Waals surface area contributed by atoms with Crippen molar-refractivity contribution in [1.29, 1.82) is 0 Å². The lowest BCUT2D eigenvalue weighted by Gasteiger charge is -2.16. The summed E-state index contributed by atoms with van der Waals surface area (Å²) in [6.07, 6.45) is 1.59. The fraction of sp³-hybridized carbons (Fsp3) is 0.238. The number of nitrogens with two attached hydrogens (primary N) is 1. The van der Waals surface area contributed by atoms with Gasteiger partial charge in [-0.3, -0.25) is 4.79 Å². The predicted molar refractivity (Wildman–Crippen MR) is 114 cm³/mol. The average Bonchev–Trinajstić information content (AvgIpc) is 3.44. The van der Waals surface area contributed by atoms with Crippen molar-refractivity contribution < 1.29 is 9.53 Å². The van der Waals surface area contributed by atoms with Gasteiger partial charge in [-0.25, -0.2) is 4.79 Å². The summed E-state index contributed by atoms with van der Waals surface area (Å²) in [6, 6.07) is 13.6. The standard InChI is InChI=1S/C21H19IN2O3/c1-12-4-2-3-5-13(12)11-24-17-10-14(22)6-9-16(17)19(23)18(20(24)25)21(26)27-15-7-8-15/h2-6,9-10,15H,7-8,11,23H2,1H3. The van der Waals surface area contributed by atoms with Gasteiger partial charge in [-0.2, -0.15) is 0 Å². The molecule has 0 bridgehead atoms. The SMILES string of the molecule is Cc1ccccc1Cn1c(=O)c(C(=O)OC2CC2)c(N)c2ccc(I)cc21. The molecule has 1 aliphatic carbocycles. The van der Waals surface area contributed by atoms with Crippen molar-refractivity contribution in [3.05, 3.63) is 73.1 Å². The van der Waals surface area contributed by atoms with E-state index in [-0.39, 0.29) is 17.4 Å². The molecule has 5 nitrogen and oxygen atoms in total. The third kappa shape index (κ3) is 3.45. The molecule has 27 heavy (non-hydrogen) atoms. The zero-order chi connectivity index (χ0) is 19.1. The van der Waals surface area contributed by atoms with Crippen molar-refractivity contribution in [2.45, 2.75) is 32.4 Å². The van der Waals surface area contributed by atoms with Crippen LogP contribution < -0.4 is 11.3 Å². The Morgan fingerprint density at radius 2 is 2.00 bits per heavy atom. The van der Waals surface area contributed by atoms with Gasteiger partial charge in [0, 0.05) is 8.96 Å². The summed E-state index contributed by atoms with van der Waals surface area (Å²) in [4.78, 5) is 25.9. The number of nitrogens with zero attached hydrogens (tertiary/aromatic N) is 1. The highest BCUT2D eigenvalue weighted by Crippen LogP contribution is 2.29. The summed E-state index contributed by atoms with van der Waals surface area (Å²) in [5.74, 6) is -0.626. The summed E-state index contributed by atoms with van der Waals surface area (Å²) >= 11 is 2.20. The number of rotatable bonds is 4. The fourth-order valence-electron chi connectivity index (χ4n) is 3.16. The van der Waals surface area contributed by atoms with E-state index in [1.807, 2.05) is 49.4 Å². The first-order valence-corrected chi connectivity index (χ1v) is 9.90. The number of esters is 1. The quantitative estimate of drug-likeness (QED) is 0.461. The number of halogens is 1. The van der Waals surface area contributed by atoms with Gasteiger partial charge in [0.2, 0.25) is 0 Å². The second-order valence-corrected chi connectivity index (χ2v) is 8.12. The molecule has 3 aromatic rings. The van der Waals surface area contributed by atoms with Crippen molar-refractivity contribution in [1.82, 2.24) is 4.57 Å². The van der Waals surface area contributed by atoms with Gasteiger partial charge in [0.15, 0.2) is 0 Å². The van der Waals surface area contributed by atoms with Gasteiger partial charge >= 0.3 is 5.97 Å². The first kappa shape index (κ1) is 18.0. The van der Waals surface area contributed by atoms with E-state index in [0.29, 0.717) is 11.9 Å². The Labute approximate surface area is 170 Å². The molecule has 1 aromatic heterocycles. The monoisotopic (exact) mass is 474 g/mol. The van der Waals surface area contributed by atoms with E-state index in [9.17, 15) is 9.59 Å². The first-order chi connectivity index (χ1) is 13.0. The molecular formula is C21H19IN2O3. The van der Waals surface area contributed by atoms with Gasteiger partial charge in [-0.05, 0) is 71.7 Å². The number of aryl methyl sites for hydroxylation is 1. The van der Waals surface area contributed by atoms with Crippen LogP contribution in [0.25, 0.3) is 10.9 Å². The second-order valence-electron chi connectivity index (χ2n) is 6.87. The largest absolute Gasteiger partial charge is 0.459 e. The van der Waals surface area contributed by atoms with Crippen LogP contribution in [0.3, 0.4) is 0 Å². The number of nitrogen functional groups attached to an aromatic ring is 1. The lowest BCUT2D eigenvalue weighted by Crippen LogP contribution is -2.30. The van der Waals surface area contributed by atoms with E-state index in [2.05, 4.69) is 22.6 Å². The van der Waals surface area contributed by atoms with Crippen molar-refractivity contribution in [3.63, 3.8) is 0 Å². The highest BCUT2D eigenvalue weighted by molar-refractivity contribution is 14.1. The molecule has 0 aliphatic heterocycles. The lowest BCUT2D eigenvalue weighted by atomic mass is 10.1. The molecule has 0 amide bonds. The minimum atomic E-state index is -0.626. The number of ether oxygens (including phenoxy) is 1. The second kappa shape index (κ2) is 6.99. The fourth-order valence-corrected chi connectivity index (χ4v) is 3.63. The minimum Gasteiger partial charge on any atom is -0.459 e. The van der Waals surface area contributed by atoms with E-state index < -0.39 is 11.5 Å². The van der Waals surface area contributed by atoms with Gasteiger partial charge in [0.05, 0.1) is 17.7 Å². The maximum Gasteiger partial charge on any atom is 0.346 e. The molecule has 0 spiro atoms. The zero-order valence-corrected chi connectivity index (χ0v) is 17.0. The number of hydrogen-bond donors (Lipinski definition) is 1. The van der Waals surface area contributed by atoms with Crippen LogP contribution in [-0.4, -0.2) is 16.6 Å². The number of pyridine rings is 1. The Kier molecular flexibility index (Phi) is 4.67. The third-order valence-corrected chi connectivity index (χ3v) is 5.53. The molecule has 1 heterocycles. The smallest absolute Gasteiger partial charge is 0.346 e. The van der Waals surface area contributed by atoms with Gasteiger partial charge in [0.1, 0.15) is 11.7 Å². The molecule has 2 aromatic carbocycles. The maximum atomic E-state index is 13.3. The van der Waals surface area contributed by atoms with Crippen LogP contribution >= 0.6 is 22.6 Å². The minimum absolute atomic E-state index is 0.0656. The number of carbonyl (C=O) groups excluding carboxylic acids is 1. The number of benzene rings is 2. The van der Waals surface area contributed by atoms with Crippen LogP contribution in [0.1, 0.15) is 34.3 Å². The van der Waals surface area contributed by atoms with Gasteiger partial charge in [-0.1, -0.05) is 24.3 Å². The van der Waals surface area contributed by atoms with Gasteiger partial charge < -0.3 is 15.0 Å². The number of aromatic nitrogens is 1. The Balaban J connectivity index is 1.94. The molecule has 4 rings (SSSR count). The molecule has 138 valence electrons. The van der Waals surface area contributed by atoms with Gasteiger partial charge in [-0.15, -0.1) is 0 Å². The lowest BCUT2D eigenvalue weighted by molar-refractivity contribution is 0.0471. The topological polar surface area (TPSA) is 74.3 Å². The van der Waals surface area contributed by atoms with E-state index in [0.717, 1.165) is 33.1 Å². The van der Waals surface area contributed by atoms with Crippen molar-refractivity contribution in [2.24, 2.45) is 0 Å². The Bertz CT molecular complexity index is 1120. The molecule has 0 atom stereocenters. The highest BCUT2D eigenvalue weighted by Gasteiger charge is 2.30. The Morgan fingerprint density at radius 3 is 2.70 bits per heavy atom. The molecule has 0 saturated heterocycles. The number of hydrogen-bond acceptors (Lipinski definition) is 4. The summed E-state index contributed by atoms with van der Waals surface area (Å²) in [6.45, 7) is 2.37. The number of fused-ring (bicyclic) bond motifs is 1. The first-order valence-electron chi connectivity index (χ1n) is 8.82. The van der Waals surface area contributed by atoms with E-state index >= 15 is 0 Å². The highest BCUT2D eigenvalue weighted by atomic mass is 127. The molecular weight excluding hydrogens is 455 g/mol. The molecule has 0 unspecified atom stereocenters. The van der Waals surface area contributed by atoms with Crippen LogP contribution in [0.15, 0.2) is 47.3 Å². The average molecular weight is 474 g/mol. The normalized spacial score (nSPS) is 13.7. The summed E-state index contributed by atoms with van der Waals surface area (Å²) < 4.78 is 7.99. The summed E-state index contributed by atoms with van der Waals surface area (Å²) in [5.41, 5.74) is 8.79. The van der Waals surface area contributed by atoms with E-state index in [1.165, 1.54) is 0 Å². The van der Waals surface area contributed by atoms with E-state index in [1.54, 1.807) is 4.57 Å². The molecule has 0 radical (unpaired) electrons. The number of anilines is 1. The summed E-state index contributed by atoms with van der Waals surface area (Å²) in [5, 5.41) is 0.686.